The molecule has 78 valence electrons. The molecule has 0 saturated carbocycles. The van der Waals surface area contributed by atoms with Crippen molar-refractivity contribution in [2.24, 2.45) is 0 Å². The van der Waals surface area contributed by atoms with Gasteiger partial charge in [0, 0.05) is 5.02 Å². The van der Waals surface area contributed by atoms with Crippen LogP contribution in [0.25, 0.3) is 5.57 Å². The quantitative estimate of drug-likeness (QED) is 0.659. The lowest BCUT2D eigenvalue weighted by Gasteiger charge is -2.09. The Kier molecular flexibility index (Phi) is 2.30. The summed E-state index contributed by atoms with van der Waals surface area (Å²) >= 11 is 5.90. The highest BCUT2D eigenvalue weighted by molar-refractivity contribution is 6.30. The molecule has 0 unspecified atom stereocenters. The summed E-state index contributed by atoms with van der Waals surface area (Å²) in [5.74, 6) is 0. The molecule has 2 aliphatic carbocycles. The molecule has 0 fully saturated rings. The van der Waals surface area contributed by atoms with Gasteiger partial charge in [0.25, 0.3) is 0 Å². The van der Waals surface area contributed by atoms with Crippen LogP contribution < -0.4 is 0 Å². The predicted octanol–water partition coefficient (Wildman–Crippen LogP) is 4.55. The third kappa shape index (κ3) is 1.56. The molecule has 0 heterocycles. The molecule has 2 aliphatic rings. The number of benzene rings is 1. The second-order valence-corrected chi connectivity index (χ2v) is 4.42. The first-order valence-electron chi connectivity index (χ1n) is 5.39. The van der Waals surface area contributed by atoms with Gasteiger partial charge in [-0.3, -0.25) is 0 Å². The molecule has 0 N–H and O–H groups in total. The molecule has 0 aromatic heterocycles. The third-order valence-corrected chi connectivity index (χ3v) is 3.24. The van der Waals surface area contributed by atoms with Gasteiger partial charge in [0.05, 0.1) is 0 Å². The fraction of sp³-hybridized carbons (Fsp3) is 0.0667. The highest BCUT2D eigenvalue weighted by Gasteiger charge is 2.15. The first-order valence-corrected chi connectivity index (χ1v) is 5.77. The SMILES string of the molecule is Clc1ccc(C2=C3CC=CC=C3C=C2)cc1. The monoisotopic (exact) mass is 226 g/mol. The molecule has 0 atom stereocenters. The zero-order chi connectivity index (χ0) is 11.0. The van der Waals surface area contributed by atoms with Crippen LogP contribution in [0.5, 0.6) is 0 Å². The van der Waals surface area contributed by atoms with Gasteiger partial charge in [0.2, 0.25) is 0 Å². The van der Waals surface area contributed by atoms with E-state index in [1.165, 1.54) is 22.3 Å². The van der Waals surface area contributed by atoms with Gasteiger partial charge in [-0.05, 0) is 40.8 Å². The molecule has 0 saturated heterocycles. The fourth-order valence-corrected chi connectivity index (χ4v) is 2.30. The Hall–Kier alpha value is -1.53. The second kappa shape index (κ2) is 3.80. The van der Waals surface area contributed by atoms with E-state index in [1.807, 2.05) is 12.1 Å². The largest absolute Gasteiger partial charge is 0.0843 e. The zero-order valence-electron chi connectivity index (χ0n) is 8.78. The molecule has 0 aliphatic heterocycles. The minimum Gasteiger partial charge on any atom is -0.0843 e. The summed E-state index contributed by atoms with van der Waals surface area (Å²) in [5, 5.41) is 0.788. The van der Waals surface area contributed by atoms with Gasteiger partial charge in [0.1, 0.15) is 0 Å². The number of allylic oxidation sites excluding steroid dienone is 8. The molecular formula is C15H11Cl. The van der Waals surface area contributed by atoms with E-state index < -0.39 is 0 Å². The highest BCUT2D eigenvalue weighted by Crippen LogP contribution is 2.36. The van der Waals surface area contributed by atoms with Crippen molar-refractivity contribution >= 4 is 17.2 Å². The van der Waals surface area contributed by atoms with E-state index in [9.17, 15) is 0 Å². The van der Waals surface area contributed by atoms with Crippen LogP contribution in [-0.2, 0) is 0 Å². The number of fused-ring (bicyclic) bond motifs is 1. The summed E-state index contributed by atoms with van der Waals surface area (Å²) in [7, 11) is 0. The summed E-state index contributed by atoms with van der Waals surface area (Å²) in [6.07, 6.45) is 11.9. The third-order valence-electron chi connectivity index (χ3n) is 2.99. The van der Waals surface area contributed by atoms with Crippen molar-refractivity contribution in [2.45, 2.75) is 6.42 Å². The lowest BCUT2D eigenvalue weighted by Crippen LogP contribution is -1.89. The van der Waals surface area contributed by atoms with Crippen molar-refractivity contribution < 1.29 is 0 Å². The Morgan fingerprint density at radius 2 is 1.81 bits per heavy atom. The van der Waals surface area contributed by atoms with Crippen molar-refractivity contribution in [3.8, 4) is 0 Å². The number of hydrogen-bond donors (Lipinski definition) is 0. The molecule has 1 aromatic rings. The molecule has 0 radical (unpaired) electrons. The summed E-state index contributed by atoms with van der Waals surface area (Å²) < 4.78 is 0. The molecular weight excluding hydrogens is 216 g/mol. The molecule has 0 bridgehead atoms. The van der Waals surface area contributed by atoms with Gasteiger partial charge in [-0.2, -0.15) is 0 Å². The van der Waals surface area contributed by atoms with Crippen LogP contribution in [0.1, 0.15) is 12.0 Å². The molecule has 0 spiro atoms. The number of rotatable bonds is 1. The first-order chi connectivity index (χ1) is 7.84. The standard InChI is InChI=1S/C15H11Cl/c16-13-8-5-12(6-9-13)15-10-7-11-3-1-2-4-14(11)15/h1-3,5-10H,4H2. The zero-order valence-corrected chi connectivity index (χ0v) is 9.54. The first kappa shape index (κ1) is 9.68. The average molecular weight is 227 g/mol. The summed E-state index contributed by atoms with van der Waals surface area (Å²) in [5.41, 5.74) is 5.33. The molecule has 16 heavy (non-hydrogen) atoms. The van der Waals surface area contributed by atoms with E-state index in [4.69, 9.17) is 11.6 Å². The Balaban J connectivity index is 2.08. The maximum atomic E-state index is 5.90. The van der Waals surface area contributed by atoms with E-state index in [1.54, 1.807) is 0 Å². The van der Waals surface area contributed by atoms with E-state index in [0.29, 0.717) is 0 Å². The van der Waals surface area contributed by atoms with E-state index in [2.05, 4.69) is 42.5 Å². The molecule has 3 rings (SSSR count). The summed E-state index contributed by atoms with van der Waals surface area (Å²) in [4.78, 5) is 0. The van der Waals surface area contributed by atoms with Crippen LogP contribution in [0.2, 0.25) is 5.02 Å². The molecule has 1 aromatic carbocycles. The molecule has 0 amide bonds. The smallest absolute Gasteiger partial charge is 0.0406 e. The van der Waals surface area contributed by atoms with Crippen LogP contribution in [0.3, 0.4) is 0 Å². The minimum atomic E-state index is 0.788. The van der Waals surface area contributed by atoms with Crippen LogP contribution in [-0.4, -0.2) is 0 Å². The van der Waals surface area contributed by atoms with E-state index >= 15 is 0 Å². The van der Waals surface area contributed by atoms with Crippen LogP contribution in [0.4, 0.5) is 0 Å². The average Bonchev–Trinajstić information content (AvgIpc) is 2.74. The Labute approximate surface area is 100 Å². The van der Waals surface area contributed by atoms with Gasteiger partial charge >= 0.3 is 0 Å². The maximum Gasteiger partial charge on any atom is 0.0406 e. The Bertz CT molecular complexity index is 539. The van der Waals surface area contributed by atoms with Crippen molar-refractivity contribution in [3.05, 3.63) is 76.4 Å². The van der Waals surface area contributed by atoms with Gasteiger partial charge in [0.15, 0.2) is 0 Å². The summed E-state index contributed by atoms with van der Waals surface area (Å²) in [6, 6.07) is 8.05. The minimum absolute atomic E-state index is 0.788. The Morgan fingerprint density at radius 1 is 1.00 bits per heavy atom. The van der Waals surface area contributed by atoms with Gasteiger partial charge in [-0.25, -0.2) is 0 Å². The van der Waals surface area contributed by atoms with Gasteiger partial charge in [-0.15, -0.1) is 0 Å². The van der Waals surface area contributed by atoms with Crippen LogP contribution in [0.15, 0.2) is 65.8 Å². The highest BCUT2D eigenvalue weighted by atomic mass is 35.5. The van der Waals surface area contributed by atoms with Crippen molar-refractivity contribution in [1.82, 2.24) is 0 Å². The lowest BCUT2D eigenvalue weighted by molar-refractivity contribution is 1.24. The van der Waals surface area contributed by atoms with Crippen LogP contribution >= 0.6 is 11.6 Å². The lowest BCUT2D eigenvalue weighted by atomic mass is 9.95. The fourth-order valence-electron chi connectivity index (χ4n) is 2.17. The molecule has 0 nitrogen and oxygen atoms in total. The van der Waals surface area contributed by atoms with Crippen molar-refractivity contribution in [2.75, 3.05) is 0 Å². The second-order valence-electron chi connectivity index (χ2n) is 3.99. The summed E-state index contributed by atoms with van der Waals surface area (Å²) in [6.45, 7) is 0. The predicted molar refractivity (Wildman–Crippen MR) is 69.4 cm³/mol. The normalized spacial score (nSPS) is 17.7. The Morgan fingerprint density at radius 3 is 2.62 bits per heavy atom. The number of halogens is 1. The number of hydrogen-bond acceptors (Lipinski definition) is 0. The van der Waals surface area contributed by atoms with E-state index in [0.717, 1.165) is 11.4 Å². The van der Waals surface area contributed by atoms with Gasteiger partial charge < -0.3 is 0 Å². The topological polar surface area (TPSA) is 0 Å². The maximum absolute atomic E-state index is 5.90. The van der Waals surface area contributed by atoms with Crippen molar-refractivity contribution in [1.29, 1.82) is 0 Å². The molecule has 1 heteroatoms. The van der Waals surface area contributed by atoms with Crippen molar-refractivity contribution in [3.63, 3.8) is 0 Å². The van der Waals surface area contributed by atoms with Crippen LogP contribution in [0, 0.1) is 0 Å². The van der Waals surface area contributed by atoms with E-state index in [-0.39, 0.29) is 0 Å². The van der Waals surface area contributed by atoms with Gasteiger partial charge in [-0.1, -0.05) is 54.1 Å².